The van der Waals surface area contributed by atoms with Crippen LogP contribution in [0, 0.1) is 0 Å². The third kappa shape index (κ3) is 17.9. The molecular weight excluding hydrogens is 255 g/mol. The van der Waals surface area contributed by atoms with Gasteiger partial charge in [-0.15, -0.1) is 9.24 Å². The number of unbranched alkanes of at least 4 members (excludes halogenated alkanes) is 12. The Labute approximate surface area is 121 Å². The zero-order valence-corrected chi connectivity index (χ0v) is 13.7. The Morgan fingerprint density at radius 3 is 1.26 bits per heavy atom. The quantitative estimate of drug-likeness (QED) is 0.323. The lowest BCUT2D eigenvalue weighted by atomic mass is 10.0. The van der Waals surface area contributed by atoms with Gasteiger partial charge in [0.25, 0.3) is 0 Å². The molecule has 0 aliphatic heterocycles. The van der Waals surface area contributed by atoms with E-state index < -0.39 is 5.97 Å². The van der Waals surface area contributed by atoms with Gasteiger partial charge in [-0.05, 0) is 19.0 Å². The molecule has 3 heteroatoms. The summed E-state index contributed by atoms with van der Waals surface area (Å²) in [7, 11) is 2.80. The van der Waals surface area contributed by atoms with Gasteiger partial charge in [-0.25, -0.2) is 0 Å². The highest BCUT2D eigenvalue weighted by Crippen LogP contribution is 2.13. The molecule has 0 aromatic rings. The molecule has 0 spiro atoms. The fraction of sp³-hybridized carbons (Fsp3) is 0.938. The summed E-state index contributed by atoms with van der Waals surface area (Å²) in [5.41, 5.74) is 0. The van der Waals surface area contributed by atoms with E-state index in [1.54, 1.807) is 0 Å². The van der Waals surface area contributed by atoms with E-state index in [0.29, 0.717) is 6.42 Å². The summed E-state index contributed by atoms with van der Waals surface area (Å²) in [6.07, 6.45) is 18.5. The maximum atomic E-state index is 10.3. The second-order valence-corrected chi connectivity index (χ2v) is 6.11. The van der Waals surface area contributed by atoms with Crippen molar-refractivity contribution in [1.82, 2.24) is 0 Å². The minimum absolute atomic E-state index is 0.344. The molecule has 2 nitrogen and oxygen atoms in total. The van der Waals surface area contributed by atoms with Gasteiger partial charge in [-0.2, -0.15) is 0 Å². The number of hydrogen-bond donors (Lipinski definition) is 1. The van der Waals surface area contributed by atoms with Gasteiger partial charge in [0.15, 0.2) is 0 Å². The van der Waals surface area contributed by atoms with Crippen LogP contribution in [0.15, 0.2) is 0 Å². The highest BCUT2D eigenvalue weighted by atomic mass is 31.0. The van der Waals surface area contributed by atoms with Gasteiger partial charge in [0.05, 0.1) is 0 Å². The topological polar surface area (TPSA) is 37.3 Å². The SMILES string of the molecule is O=C(O)CCCCCCCCCCCCCCCP. The van der Waals surface area contributed by atoms with Crippen LogP contribution in [0.25, 0.3) is 0 Å². The number of carboxylic acid groups (broad SMARTS) is 1. The van der Waals surface area contributed by atoms with Crippen LogP contribution in [0.2, 0.25) is 0 Å². The Morgan fingerprint density at radius 1 is 0.632 bits per heavy atom. The van der Waals surface area contributed by atoms with Crippen molar-refractivity contribution >= 4 is 15.2 Å². The normalized spacial score (nSPS) is 10.8. The summed E-state index contributed by atoms with van der Waals surface area (Å²) >= 11 is 0. The Morgan fingerprint density at radius 2 is 0.947 bits per heavy atom. The second kappa shape index (κ2) is 16.0. The van der Waals surface area contributed by atoms with Gasteiger partial charge in [0.1, 0.15) is 0 Å². The molecule has 0 saturated carbocycles. The van der Waals surface area contributed by atoms with Gasteiger partial charge in [0, 0.05) is 6.42 Å². The monoisotopic (exact) mass is 288 g/mol. The molecule has 114 valence electrons. The maximum Gasteiger partial charge on any atom is 0.303 e. The van der Waals surface area contributed by atoms with Crippen LogP contribution in [-0.2, 0) is 4.79 Å². The molecule has 1 unspecified atom stereocenters. The van der Waals surface area contributed by atoms with Crippen molar-refractivity contribution < 1.29 is 9.90 Å². The molecule has 19 heavy (non-hydrogen) atoms. The van der Waals surface area contributed by atoms with E-state index in [1.165, 1.54) is 76.8 Å². The van der Waals surface area contributed by atoms with Crippen molar-refractivity contribution in [1.29, 1.82) is 0 Å². The number of rotatable bonds is 15. The summed E-state index contributed by atoms with van der Waals surface area (Å²) in [4.78, 5) is 10.3. The summed E-state index contributed by atoms with van der Waals surface area (Å²) < 4.78 is 0. The molecule has 1 atom stereocenters. The lowest BCUT2D eigenvalue weighted by molar-refractivity contribution is -0.137. The number of carbonyl (C=O) groups is 1. The molecule has 0 aliphatic carbocycles. The lowest BCUT2D eigenvalue weighted by Gasteiger charge is -2.02. The number of hydrogen-bond acceptors (Lipinski definition) is 1. The molecular formula is C16H33O2P. The standard InChI is InChI=1S/C16H33O2P/c17-16(18)14-12-10-8-6-4-2-1-3-5-7-9-11-13-15-19/h1-15,19H2,(H,17,18). The van der Waals surface area contributed by atoms with Crippen molar-refractivity contribution in [2.75, 3.05) is 6.16 Å². The Bertz CT molecular complexity index is 195. The Hall–Kier alpha value is -0.100. The predicted octanol–water partition coefficient (Wildman–Crippen LogP) is 5.41. The van der Waals surface area contributed by atoms with Crippen LogP contribution in [0.4, 0.5) is 0 Å². The molecule has 1 N–H and O–H groups in total. The van der Waals surface area contributed by atoms with Crippen LogP contribution >= 0.6 is 9.24 Å². The minimum atomic E-state index is -0.655. The van der Waals surface area contributed by atoms with E-state index in [0.717, 1.165) is 12.8 Å². The zero-order valence-electron chi connectivity index (χ0n) is 12.5. The summed E-state index contributed by atoms with van der Waals surface area (Å²) in [6, 6.07) is 0. The van der Waals surface area contributed by atoms with E-state index in [2.05, 4.69) is 9.24 Å². The molecule has 0 saturated heterocycles. The molecule has 0 fully saturated rings. The fourth-order valence-electron chi connectivity index (χ4n) is 2.37. The van der Waals surface area contributed by atoms with Crippen molar-refractivity contribution in [3.05, 3.63) is 0 Å². The van der Waals surface area contributed by atoms with E-state index in [1.807, 2.05) is 0 Å². The summed E-state index contributed by atoms with van der Waals surface area (Å²) in [6.45, 7) is 0. The highest BCUT2D eigenvalue weighted by molar-refractivity contribution is 7.16. The van der Waals surface area contributed by atoms with Gasteiger partial charge in [-0.1, -0.05) is 70.6 Å². The van der Waals surface area contributed by atoms with Crippen LogP contribution in [0.3, 0.4) is 0 Å². The third-order valence-electron chi connectivity index (χ3n) is 3.59. The van der Waals surface area contributed by atoms with Crippen molar-refractivity contribution in [3.63, 3.8) is 0 Å². The predicted molar refractivity (Wildman–Crippen MR) is 86.9 cm³/mol. The number of aliphatic carboxylic acids is 1. The van der Waals surface area contributed by atoms with Crippen LogP contribution < -0.4 is 0 Å². The molecule has 0 amide bonds. The molecule has 0 aromatic carbocycles. The lowest BCUT2D eigenvalue weighted by Crippen LogP contribution is -1.93. The van der Waals surface area contributed by atoms with Crippen molar-refractivity contribution in [2.45, 2.75) is 89.9 Å². The maximum absolute atomic E-state index is 10.3. The van der Waals surface area contributed by atoms with E-state index >= 15 is 0 Å². The van der Waals surface area contributed by atoms with E-state index in [9.17, 15) is 4.79 Å². The summed E-state index contributed by atoms with van der Waals surface area (Å²) in [5.74, 6) is -0.655. The molecule has 0 aliphatic rings. The second-order valence-electron chi connectivity index (χ2n) is 5.53. The third-order valence-corrected chi connectivity index (χ3v) is 4.00. The van der Waals surface area contributed by atoms with E-state index in [4.69, 9.17) is 5.11 Å². The molecule has 0 rings (SSSR count). The average Bonchev–Trinajstić information content (AvgIpc) is 2.39. The first-order valence-corrected chi connectivity index (χ1v) is 9.01. The average molecular weight is 288 g/mol. The van der Waals surface area contributed by atoms with Gasteiger partial charge in [0.2, 0.25) is 0 Å². The Balaban J connectivity index is 2.93. The van der Waals surface area contributed by atoms with Crippen LogP contribution in [0.1, 0.15) is 89.9 Å². The van der Waals surface area contributed by atoms with E-state index in [-0.39, 0.29) is 0 Å². The van der Waals surface area contributed by atoms with Gasteiger partial charge < -0.3 is 5.11 Å². The Kier molecular flexibility index (Phi) is 15.9. The van der Waals surface area contributed by atoms with Crippen molar-refractivity contribution in [3.8, 4) is 0 Å². The first kappa shape index (κ1) is 18.9. The van der Waals surface area contributed by atoms with Gasteiger partial charge >= 0.3 is 5.97 Å². The largest absolute Gasteiger partial charge is 0.481 e. The van der Waals surface area contributed by atoms with Gasteiger partial charge in [-0.3, -0.25) is 4.79 Å². The molecule has 0 aromatic heterocycles. The number of carboxylic acids is 1. The molecule has 0 radical (unpaired) electrons. The first-order chi connectivity index (χ1) is 9.27. The highest BCUT2D eigenvalue weighted by Gasteiger charge is 1.96. The first-order valence-electron chi connectivity index (χ1n) is 8.19. The smallest absolute Gasteiger partial charge is 0.303 e. The molecule has 0 bridgehead atoms. The van der Waals surface area contributed by atoms with Crippen LogP contribution in [-0.4, -0.2) is 17.2 Å². The zero-order chi connectivity index (χ0) is 14.2. The minimum Gasteiger partial charge on any atom is -0.481 e. The summed E-state index contributed by atoms with van der Waals surface area (Å²) in [5, 5.41) is 8.50. The van der Waals surface area contributed by atoms with Crippen LogP contribution in [0.5, 0.6) is 0 Å². The molecule has 0 heterocycles. The van der Waals surface area contributed by atoms with Crippen molar-refractivity contribution in [2.24, 2.45) is 0 Å². The fourth-order valence-corrected chi connectivity index (χ4v) is 2.65.